The summed E-state index contributed by atoms with van der Waals surface area (Å²) in [6, 6.07) is 13.6. The first-order valence-electron chi connectivity index (χ1n) is 9.44. The van der Waals surface area contributed by atoms with Crippen molar-refractivity contribution in [2.45, 2.75) is 32.2 Å². The van der Waals surface area contributed by atoms with E-state index in [1.807, 2.05) is 42.5 Å². The number of carbonyl (C=O) groups is 2. The van der Waals surface area contributed by atoms with Gasteiger partial charge in [-0.3, -0.25) is 14.6 Å². The maximum atomic E-state index is 12.9. The number of ketones is 1. The maximum Gasteiger partial charge on any atom is 0.219 e. The number of Topliss-reactive ketones (excluding diaryl/α,β-unsaturated/α-hetero) is 1. The topological polar surface area (TPSA) is 90.0 Å². The molecule has 142 valence electrons. The van der Waals surface area contributed by atoms with Gasteiger partial charge < -0.3 is 15.6 Å². The molecule has 0 atom stereocenters. The number of carbonyl (C=O) groups excluding carboxylic acids is 2. The Hall–Kier alpha value is -3.41. The number of nitrogens with one attached hydrogen (secondary N) is 1. The summed E-state index contributed by atoms with van der Waals surface area (Å²) in [6.07, 6.45) is 5.83. The summed E-state index contributed by atoms with van der Waals surface area (Å²) >= 11 is 0. The summed E-state index contributed by atoms with van der Waals surface area (Å²) in [5.74, 6) is -0.226. The second kappa shape index (κ2) is 7.68. The normalized spacial score (nSPS) is 13.2. The number of hydrogen-bond acceptors (Lipinski definition) is 4. The molecule has 1 aliphatic carbocycles. The van der Waals surface area contributed by atoms with Gasteiger partial charge in [-0.2, -0.15) is 0 Å². The van der Waals surface area contributed by atoms with Gasteiger partial charge in [-0.25, -0.2) is 0 Å². The van der Waals surface area contributed by atoms with E-state index < -0.39 is 0 Å². The highest BCUT2D eigenvalue weighted by Crippen LogP contribution is 2.41. The van der Waals surface area contributed by atoms with Crippen LogP contribution in [0.25, 0.3) is 11.3 Å². The molecule has 6 heteroatoms. The average molecular weight is 374 g/mol. The Balaban J connectivity index is 1.93. The summed E-state index contributed by atoms with van der Waals surface area (Å²) in [5, 5.41) is 3.46. The summed E-state index contributed by atoms with van der Waals surface area (Å²) in [5.41, 5.74) is 10.7. The lowest BCUT2D eigenvalue weighted by Crippen LogP contribution is -2.18. The zero-order chi connectivity index (χ0) is 19.5. The van der Waals surface area contributed by atoms with Crippen molar-refractivity contribution in [1.29, 1.82) is 0 Å². The summed E-state index contributed by atoms with van der Waals surface area (Å²) in [7, 11) is 0. The van der Waals surface area contributed by atoms with Crippen LogP contribution >= 0.6 is 0 Å². The fourth-order valence-electron chi connectivity index (χ4n) is 3.84. The van der Waals surface area contributed by atoms with Gasteiger partial charge in [-0.05, 0) is 37.1 Å². The number of para-hydroxylation sites is 1. The van der Waals surface area contributed by atoms with E-state index in [0.29, 0.717) is 13.0 Å². The van der Waals surface area contributed by atoms with Crippen LogP contribution in [-0.4, -0.2) is 21.2 Å². The van der Waals surface area contributed by atoms with Crippen molar-refractivity contribution in [1.82, 2.24) is 9.55 Å². The van der Waals surface area contributed by atoms with E-state index >= 15 is 0 Å². The third-order valence-corrected chi connectivity index (χ3v) is 5.05. The third-order valence-electron chi connectivity index (χ3n) is 5.05. The van der Waals surface area contributed by atoms with Gasteiger partial charge in [-0.15, -0.1) is 0 Å². The van der Waals surface area contributed by atoms with Gasteiger partial charge in [0.2, 0.25) is 5.91 Å². The van der Waals surface area contributed by atoms with E-state index in [0.717, 1.165) is 46.7 Å². The molecule has 4 rings (SSSR count). The number of fused-ring (bicyclic) bond motifs is 1. The van der Waals surface area contributed by atoms with E-state index in [1.54, 1.807) is 12.4 Å². The van der Waals surface area contributed by atoms with Crippen LogP contribution in [0.1, 0.15) is 35.3 Å². The molecule has 1 aromatic carbocycles. The average Bonchev–Trinajstić information content (AvgIpc) is 3.02. The molecule has 1 aliphatic rings. The molecule has 0 aliphatic heterocycles. The van der Waals surface area contributed by atoms with Gasteiger partial charge in [-0.1, -0.05) is 18.2 Å². The van der Waals surface area contributed by atoms with Crippen LogP contribution in [0, 0.1) is 0 Å². The summed E-state index contributed by atoms with van der Waals surface area (Å²) in [6.45, 7) is 0.444. The number of amides is 1. The van der Waals surface area contributed by atoms with Gasteiger partial charge in [0.05, 0.1) is 16.9 Å². The molecule has 0 unspecified atom stereocenters. The first-order valence-corrected chi connectivity index (χ1v) is 9.44. The minimum Gasteiger partial charge on any atom is -0.370 e. The highest BCUT2D eigenvalue weighted by Gasteiger charge is 2.30. The van der Waals surface area contributed by atoms with Gasteiger partial charge in [0, 0.05) is 48.7 Å². The van der Waals surface area contributed by atoms with Crippen molar-refractivity contribution >= 4 is 23.1 Å². The van der Waals surface area contributed by atoms with E-state index in [2.05, 4.69) is 14.9 Å². The Morgan fingerprint density at radius 2 is 1.86 bits per heavy atom. The van der Waals surface area contributed by atoms with Gasteiger partial charge in [0.25, 0.3) is 0 Å². The molecule has 2 heterocycles. The predicted octanol–water partition coefficient (Wildman–Crippen LogP) is 3.69. The molecule has 0 spiro atoms. The molecule has 1 amide bonds. The number of aromatic nitrogens is 2. The Morgan fingerprint density at radius 1 is 1.11 bits per heavy atom. The van der Waals surface area contributed by atoms with Crippen LogP contribution < -0.4 is 11.1 Å². The first-order chi connectivity index (χ1) is 13.6. The second-order valence-corrected chi connectivity index (χ2v) is 6.92. The highest BCUT2D eigenvalue weighted by molar-refractivity contribution is 6.07. The molecule has 0 bridgehead atoms. The lowest BCUT2D eigenvalue weighted by Gasteiger charge is -2.15. The molecule has 3 aromatic rings. The fraction of sp³-hybridized carbons (Fsp3) is 0.227. The minimum atomic E-state index is -0.358. The summed E-state index contributed by atoms with van der Waals surface area (Å²) < 4.78 is 2.08. The van der Waals surface area contributed by atoms with E-state index in [4.69, 9.17) is 5.73 Å². The second-order valence-electron chi connectivity index (χ2n) is 6.92. The molecule has 0 saturated heterocycles. The zero-order valence-corrected chi connectivity index (χ0v) is 15.5. The number of nitrogens with two attached hydrogens (primary N) is 1. The Kier molecular flexibility index (Phi) is 4.93. The molecular weight excluding hydrogens is 352 g/mol. The number of primary amides is 1. The molecule has 0 fully saturated rings. The monoisotopic (exact) mass is 374 g/mol. The smallest absolute Gasteiger partial charge is 0.219 e. The highest BCUT2D eigenvalue weighted by atomic mass is 16.1. The van der Waals surface area contributed by atoms with Crippen LogP contribution in [0.2, 0.25) is 0 Å². The lowest BCUT2D eigenvalue weighted by molar-refractivity contribution is -0.118. The number of hydrogen-bond donors (Lipinski definition) is 2. The van der Waals surface area contributed by atoms with Crippen molar-refractivity contribution in [3.8, 4) is 11.3 Å². The molecular formula is C22H22N4O2. The fourth-order valence-corrected chi connectivity index (χ4v) is 3.84. The largest absolute Gasteiger partial charge is 0.370 e. The standard InChI is InChI=1S/C22H22N4O2/c23-19(28)11-14-26-17-7-4-8-18(27)20(17)21(25-16-5-2-1-3-6-16)22(26)15-9-12-24-13-10-15/h1-3,5-6,9-10,12-13,25H,4,7-8,11,14H2,(H2,23,28). The van der Waals surface area contributed by atoms with E-state index in [9.17, 15) is 9.59 Å². The number of anilines is 2. The molecule has 6 nitrogen and oxygen atoms in total. The van der Waals surface area contributed by atoms with Crippen LogP contribution in [-0.2, 0) is 17.8 Å². The van der Waals surface area contributed by atoms with Crippen LogP contribution in [0.15, 0.2) is 54.9 Å². The van der Waals surface area contributed by atoms with Crippen molar-refractivity contribution in [2.75, 3.05) is 5.32 Å². The zero-order valence-electron chi connectivity index (χ0n) is 15.5. The Labute approximate surface area is 163 Å². The number of pyridine rings is 1. The maximum absolute atomic E-state index is 12.9. The Bertz CT molecular complexity index is 1010. The third kappa shape index (κ3) is 3.41. The van der Waals surface area contributed by atoms with Crippen molar-refractivity contribution in [3.05, 3.63) is 66.1 Å². The minimum absolute atomic E-state index is 0.132. The molecule has 0 radical (unpaired) electrons. The SMILES string of the molecule is NC(=O)CCn1c2c(c(Nc3ccccc3)c1-c1ccncc1)C(=O)CCC2. The lowest BCUT2D eigenvalue weighted by atomic mass is 9.95. The van der Waals surface area contributed by atoms with Crippen molar-refractivity contribution in [2.24, 2.45) is 5.73 Å². The number of benzene rings is 1. The van der Waals surface area contributed by atoms with E-state index in [1.165, 1.54) is 0 Å². The van der Waals surface area contributed by atoms with Crippen molar-refractivity contribution in [3.63, 3.8) is 0 Å². The van der Waals surface area contributed by atoms with Gasteiger partial charge >= 0.3 is 0 Å². The van der Waals surface area contributed by atoms with Crippen LogP contribution in [0.5, 0.6) is 0 Å². The number of rotatable bonds is 6. The van der Waals surface area contributed by atoms with Crippen LogP contribution in [0.4, 0.5) is 11.4 Å². The van der Waals surface area contributed by atoms with Gasteiger partial charge in [0.15, 0.2) is 5.78 Å². The summed E-state index contributed by atoms with van der Waals surface area (Å²) in [4.78, 5) is 28.5. The molecule has 2 aromatic heterocycles. The molecule has 28 heavy (non-hydrogen) atoms. The van der Waals surface area contributed by atoms with Crippen LogP contribution in [0.3, 0.4) is 0 Å². The molecule has 3 N–H and O–H groups in total. The molecule has 0 saturated carbocycles. The van der Waals surface area contributed by atoms with Gasteiger partial charge in [0.1, 0.15) is 0 Å². The Morgan fingerprint density at radius 3 is 2.57 bits per heavy atom. The quantitative estimate of drug-likeness (QED) is 0.688. The predicted molar refractivity (Wildman–Crippen MR) is 108 cm³/mol. The first kappa shape index (κ1) is 18.0. The van der Waals surface area contributed by atoms with Crippen molar-refractivity contribution < 1.29 is 9.59 Å². The number of nitrogens with zero attached hydrogens (tertiary/aromatic N) is 2. The van der Waals surface area contributed by atoms with E-state index in [-0.39, 0.29) is 18.1 Å².